The summed E-state index contributed by atoms with van der Waals surface area (Å²) in [6, 6.07) is 7.21. The first kappa shape index (κ1) is 13.7. The van der Waals surface area contributed by atoms with E-state index >= 15 is 0 Å². The molecule has 0 aromatic heterocycles. The summed E-state index contributed by atoms with van der Waals surface area (Å²) in [5.74, 6) is 1.17. The van der Waals surface area contributed by atoms with Gasteiger partial charge in [-0.05, 0) is 12.1 Å². The molecule has 2 aliphatic rings. The van der Waals surface area contributed by atoms with Crippen LogP contribution in [0.15, 0.2) is 18.2 Å². The number of anilines is 1. The highest BCUT2D eigenvalue weighted by molar-refractivity contribution is 5.92. The number of carbonyl (C=O) groups excluding carboxylic acids is 1. The lowest BCUT2D eigenvalue weighted by molar-refractivity contribution is -0.117. The first-order valence-electron chi connectivity index (χ1n) is 6.80. The van der Waals surface area contributed by atoms with Crippen LogP contribution in [0.3, 0.4) is 0 Å². The summed E-state index contributed by atoms with van der Waals surface area (Å²) in [7, 11) is 0. The van der Waals surface area contributed by atoms with Crippen molar-refractivity contribution in [3.63, 3.8) is 0 Å². The fraction of sp³-hybridized carbons (Fsp3) is 0.429. The number of hydrogen-bond donors (Lipinski definition) is 2. The molecule has 7 heteroatoms. The number of nitriles is 1. The van der Waals surface area contributed by atoms with Crippen LogP contribution in [0.25, 0.3) is 0 Å². The van der Waals surface area contributed by atoms with Crippen molar-refractivity contribution < 1.29 is 14.3 Å². The largest absolute Gasteiger partial charge is 0.454 e. The summed E-state index contributed by atoms with van der Waals surface area (Å²) in [6.45, 7) is 2.47. The third-order valence-electron chi connectivity index (χ3n) is 3.51. The molecule has 1 unspecified atom stereocenters. The summed E-state index contributed by atoms with van der Waals surface area (Å²) >= 11 is 0. The number of fused-ring (bicyclic) bond motifs is 1. The second kappa shape index (κ2) is 5.99. The van der Waals surface area contributed by atoms with Crippen molar-refractivity contribution in [3.8, 4) is 17.6 Å². The van der Waals surface area contributed by atoms with Gasteiger partial charge in [-0.3, -0.25) is 9.69 Å². The van der Waals surface area contributed by atoms with E-state index in [1.165, 1.54) is 0 Å². The van der Waals surface area contributed by atoms with Crippen molar-refractivity contribution in [2.45, 2.75) is 6.04 Å². The van der Waals surface area contributed by atoms with E-state index in [1.54, 1.807) is 18.2 Å². The smallest absolute Gasteiger partial charge is 0.238 e. The van der Waals surface area contributed by atoms with Gasteiger partial charge in [0.1, 0.15) is 6.04 Å². The summed E-state index contributed by atoms with van der Waals surface area (Å²) in [4.78, 5) is 14.0. The van der Waals surface area contributed by atoms with E-state index in [9.17, 15) is 4.79 Å². The highest BCUT2D eigenvalue weighted by atomic mass is 16.7. The van der Waals surface area contributed by atoms with Gasteiger partial charge in [0.15, 0.2) is 11.5 Å². The molecule has 1 amide bonds. The summed E-state index contributed by atoms with van der Waals surface area (Å²) in [6.07, 6.45) is 0. The topological polar surface area (TPSA) is 86.6 Å². The average Bonchev–Trinajstić information content (AvgIpc) is 2.95. The fourth-order valence-electron chi connectivity index (χ4n) is 2.42. The van der Waals surface area contributed by atoms with Crippen LogP contribution in [0.5, 0.6) is 11.5 Å². The lowest BCUT2D eigenvalue weighted by Crippen LogP contribution is -2.52. The second-order valence-corrected chi connectivity index (χ2v) is 4.94. The number of hydrogen-bond acceptors (Lipinski definition) is 6. The van der Waals surface area contributed by atoms with Crippen LogP contribution in [0, 0.1) is 11.3 Å². The minimum atomic E-state index is -0.263. The summed E-state index contributed by atoms with van der Waals surface area (Å²) < 4.78 is 10.5. The van der Waals surface area contributed by atoms with E-state index in [4.69, 9.17) is 14.7 Å². The molecule has 110 valence electrons. The quantitative estimate of drug-likeness (QED) is 0.823. The predicted octanol–water partition coefficient (Wildman–Crippen LogP) is 0.151. The van der Waals surface area contributed by atoms with E-state index in [1.807, 2.05) is 4.90 Å². The molecule has 0 radical (unpaired) electrons. The van der Waals surface area contributed by atoms with E-state index in [2.05, 4.69) is 16.7 Å². The van der Waals surface area contributed by atoms with Gasteiger partial charge in [-0.15, -0.1) is 0 Å². The molecule has 2 heterocycles. The molecule has 1 aromatic carbocycles. The molecular formula is C14H16N4O3. The minimum Gasteiger partial charge on any atom is -0.454 e. The van der Waals surface area contributed by atoms with Crippen LogP contribution < -0.4 is 20.1 Å². The average molecular weight is 288 g/mol. The molecule has 0 aliphatic carbocycles. The Labute approximate surface area is 122 Å². The lowest BCUT2D eigenvalue weighted by atomic mass is 10.2. The zero-order valence-corrected chi connectivity index (χ0v) is 11.5. The zero-order chi connectivity index (χ0) is 14.7. The Balaban J connectivity index is 1.60. The Kier molecular flexibility index (Phi) is 3.90. The van der Waals surface area contributed by atoms with E-state index in [0.29, 0.717) is 30.3 Å². The maximum atomic E-state index is 12.1. The van der Waals surface area contributed by atoms with Gasteiger partial charge in [0.05, 0.1) is 12.6 Å². The Bertz CT molecular complexity index is 584. The SMILES string of the molecule is N#CC1CNCCN1CC(=O)Nc1ccc2c(c1)OCO2. The van der Waals surface area contributed by atoms with Crippen LogP contribution >= 0.6 is 0 Å². The molecule has 1 atom stereocenters. The van der Waals surface area contributed by atoms with Crippen LogP contribution in [-0.4, -0.2) is 49.8 Å². The fourth-order valence-corrected chi connectivity index (χ4v) is 2.42. The van der Waals surface area contributed by atoms with E-state index < -0.39 is 0 Å². The molecule has 0 bridgehead atoms. The molecule has 1 fully saturated rings. The number of nitrogens with one attached hydrogen (secondary N) is 2. The van der Waals surface area contributed by atoms with E-state index in [0.717, 1.165) is 6.54 Å². The molecule has 1 saturated heterocycles. The van der Waals surface area contributed by atoms with Gasteiger partial charge in [-0.2, -0.15) is 5.26 Å². The third-order valence-corrected chi connectivity index (χ3v) is 3.51. The highest BCUT2D eigenvalue weighted by Gasteiger charge is 2.24. The monoisotopic (exact) mass is 288 g/mol. The number of amides is 1. The third kappa shape index (κ3) is 3.07. The predicted molar refractivity (Wildman–Crippen MR) is 75.0 cm³/mol. The molecule has 2 aliphatic heterocycles. The second-order valence-electron chi connectivity index (χ2n) is 4.94. The first-order chi connectivity index (χ1) is 10.3. The number of piperazine rings is 1. The molecule has 0 saturated carbocycles. The number of benzene rings is 1. The van der Waals surface area contributed by atoms with Crippen molar-refractivity contribution in [2.24, 2.45) is 0 Å². The van der Waals surface area contributed by atoms with Crippen molar-refractivity contribution in [1.29, 1.82) is 5.26 Å². The molecule has 3 rings (SSSR count). The first-order valence-corrected chi connectivity index (χ1v) is 6.80. The minimum absolute atomic E-state index is 0.143. The molecule has 2 N–H and O–H groups in total. The molecule has 7 nitrogen and oxygen atoms in total. The number of ether oxygens (including phenoxy) is 2. The van der Waals surface area contributed by atoms with Gasteiger partial charge in [-0.25, -0.2) is 0 Å². The van der Waals surface area contributed by atoms with Gasteiger partial charge >= 0.3 is 0 Å². The van der Waals surface area contributed by atoms with Crippen LogP contribution in [0.4, 0.5) is 5.69 Å². The van der Waals surface area contributed by atoms with Crippen LogP contribution in [0.1, 0.15) is 0 Å². The zero-order valence-electron chi connectivity index (χ0n) is 11.5. The van der Waals surface area contributed by atoms with Crippen molar-refractivity contribution in [1.82, 2.24) is 10.2 Å². The summed E-state index contributed by atoms with van der Waals surface area (Å²) in [5, 5.41) is 15.0. The Morgan fingerprint density at radius 2 is 2.33 bits per heavy atom. The number of carbonyl (C=O) groups is 1. The molecule has 1 aromatic rings. The molecular weight excluding hydrogens is 272 g/mol. The van der Waals surface area contributed by atoms with E-state index in [-0.39, 0.29) is 25.3 Å². The van der Waals surface area contributed by atoms with Gasteiger partial charge < -0.3 is 20.1 Å². The van der Waals surface area contributed by atoms with Gasteiger partial charge in [0, 0.05) is 31.4 Å². The Morgan fingerprint density at radius 3 is 3.19 bits per heavy atom. The van der Waals surface area contributed by atoms with Crippen LogP contribution in [0.2, 0.25) is 0 Å². The maximum absolute atomic E-state index is 12.1. The Hall–Kier alpha value is -2.30. The van der Waals surface area contributed by atoms with Gasteiger partial charge in [0.25, 0.3) is 0 Å². The molecule has 21 heavy (non-hydrogen) atoms. The summed E-state index contributed by atoms with van der Waals surface area (Å²) in [5.41, 5.74) is 0.660. The van der Waals surface area contributed by atoms with Gasteiger partial charge in [-0.1, -0.05) is 0 Å². The number of rotatable bonds is 3. The van der Waals surface area contributed by atoms with Gasteiger partial charge in [0.2, 0.25) is 12.7 Å². The lowest BCUT2D eigenvalue weighted by Gasteiger charge is -2.31. The van der Waals surface area contributed by atoms with Crippen molar-refractivity contribution in [3.05, 3.63) is 18.2 Å². The highest BCUT2D eigenvalue weighted by Crippen LogP contribution is 2.34. The van der Waals surface area contributed by atoms with Crippen molar-refractivity contribution in [2.75, 3.05) is 38.3 Å². The Morgan fingerprint density at radius 1 is 1.48 bits per heavy atom. The number of nitrogens with zero attached hydrogens (tertiary/aromatic N) is 2. The van der Waals surface area contributed by atoms with Crippen molar-refractivity contribution >= 4 is 11.6 Å². The van der Waals surface area contributed by atoms with Crippen LogP contribution in [-0.2, 0) is 4.79 Å². The maximum Gasteiger partial charge on any atom is 0.238 e. The normalized spacial score (nSPS) is 20.8. The molecule has 0 spiro atoms. The standard InChI is InChI=1S/C14H16N4O3/c15-6-11-7-16-3-4-18(11)8-14(19)17-10-1-2-12-13(5-10)21-9-20-12/h1-2,5,11,16H,3-4,7-9H2,(H,17,19).